The molecule has 11 nitrogen and oxygen atoms in total. The first-order valence-electron chi connectivity index (χ1n) is 9.03. The van der Waals surface area contributed by atoms with Crippen molar-refractivity contribution >= 4 is 21.9 Å². The Morgan fingerprint density at radius 3 is 2.10 bits per heavy atom. The molecule has 168 valence electrons. The molecule has 2 amide bonds. The number of aliphatic hydroxyl groups excluding tert-OH is 1. The lowest BCUT2D eigenvalue weighted by Crippen LogP contribution is -2.69. The zero-order chi connectivity index (χ0) is 22.5. The van der Waals surface area contributed by atoms with E-state index >= 15 is 0 Å². The van der Waals surface area contributed by atoms with Crippen molar-refractivity contribution < 1.29 is 41.5 Å². The normalized spacial score (nSPS) is 26.5. The van der Waals surface area contributed by atoms with Gasteiger partial charge in [0.15, 0.2) is 6.29 Å². The average molecular weight is 446 g/mol. The first-order valence-corrected chi connectivity index (χ1v) is 10.8. The summed E-state index contributed by atoms with van der Waals surface area (Å²) in [5.41, 5.74) is 0. The van der Waals surface area contributed by atoms with Crippen molar-refractivity contribution in [3.05, 3.63) is 24.3 Å². The van der Waals surface area contributed by atoms with Crippen molar-refractivity contribution in [3.8, 4) is 11.5 Å². The highest BCUT2D eigenvalue weighted by molar-refractivity contribution is 7.85. The van der Waals surface area contributed by atoms with Crippen LogP contribution in [0.2, 0.25) is 0 Å². The molecule has 1 aromatic carbocycles. The van der Waals surface area contributed by atoms with Crippen molar-refractivity contribution in [2.24, 2.45) is 0 Å². The molecule has 0 aromatic heterocycles. The van der Waals surface area contributed by atoms with Crippen molar-refractivity contribution in [1.82, 2.24) is 10.6 Å². The molecule has 1 heterocycles. The van der Waals surface area contributed by atoms with E-state index in [2.05, 4.69) is 10.6 Å². The SMILES string of the molecule is COc1ccc(O[C@@H]2[C@@H](NC(C)=O)[C@@H](O)O[C@H](COS(C)(=O)=O)[C@H]2NC(C)=O)cc1. The van der Waals surface area contributed by atoms with Crippen LogP contribution in [-0.4, -0.2) is 75.9 Å². The number of hydrogen-bond acceptors (Lipinski definition) is 9. The van der Waals surface area contributed by atoms with Gasteiger partial charge < -0.3 is 30.0 Å². The third-order valence-corrected chi connectivity index (χ3v) is 4.81. The third kappa shape index (κ3) is 6.83. The lowest BCUT2D eigenvalue weighted by atomic mass is 9.93. The van der Waals surface area contributed by atoms with Crippen LogP contribution in [0.5, 0.6) is 11.5 Å². The summed E-state index contributed by atoms with van der Waals surface area (Å²) in [6.07, 6.45) is -2.77. The number of amides is 2. The standard InChI is InChI=1S/C18H26N2O9S/c1-10(21)19-15-14(9-27-30(4,24)25)29-18(23)16(20-11(2)22)17(15)28-13-7-5-12(26-3)6-8-13/h5-8,14-18,23H,9H2,1-4H3,(H,19,21)(H,20,22)/t14-,15-,16-,17+,18+/m1/s1. The third-order valence-electron chi connectivity index (χ3n) is 4.25. The molecule has 1 saturated heterocycles. The van der Waals surface area contributed by atoms with Gasteiger partial charge in [-0.15, -0.1) is 0 Å². The van der Waals surface area contributed by atoms with Crippen LogP contribution < -0.4 is 20.1 Å². The summed E-state index contributed by atoms with van der Waals surface area (Å²) in [6, 6.07) is 4.51. The minimum atomic E-state index is -3.81. The number of methoxy groups -OCH3 is 1. The summed E-state index contributed by atoms with van der Waals surface area (Å²) in [7, 11) is -2.30. The largest absolute Gasteiger partial charge is 0.497 e. The van der Waals surface area contributed by atoms with Crippen LogP contribution in [0.3, 0.4) is 0 Å². The molecule has 30 heavy (non-hydrogen) atoms. The molecule has 0 saturated carbocycles. The van der Waals surface area contributed by atoms with Crippen LogP contribution in [0.25, 0.3) is 0 Å². The van der Waals surface area contributed by atoms with E-state index in [1.165, 1.54) is 21.0 Å². The molecule has 0 spiro atoms. The minimum Gasteiger partial charge on any atom is -0.497 e. The van der Waals surface area contributed by atoms with E-state index in [0.29, 0.717) is 11.5 Å². The molecular weight excluding hydrogens is 420 g/mol. The van der Waals surface area contributed by atoms with Crippen LogP contribution in [0.4, 0.5) is 0 Å². The van der Waals surface area contributed by atoms with Gasteiger partial charge in [0.1, 0.15) is 29.7 Å². The second-order valence-electron chi connectivity index (χ2n) is 6.76. The van der Waals surface area contributed by atoms with Gasteiger partial charge in [0.05, 0.1) is 26.0 Å². The zero-order valence-corrected chi connectivity index (χ0v) is 17.8. The van der Waals surface area contributed by atoms with Crippen molar-refractivity contribution in [1.29, 1.82) is 0 Å². The van der Waals surface area contributed by atoms with E-state index in [4.69, 9.17) is 18.4 Å². The Labute approximate surface area is 174 Å². The van der Waals surface area contributed by atoms with Crippen LogP contribution in [0, 0.1) is 0 Å². The van der Waals surface area contributed by atoms with Gasteiger partial charge in [0.25, 0.3) is 10.1 Å². The predicted octanol–water partition coefficient (Wildman–Crippen LogP) is -0.855. The van der Waals surface area contributed by atoms with Gasteiger partial charge in [0.2, 0.25) is 11.8 Å². The van der Waals surface area contributed by atoms with Crippen molar-refractivity contribution in [2.75, 3.05) is 20.0 Å². The number of nitrogens with one attached hydrogen (secondary N) is 2. The predicted molar refractivity (Wildman–Crippen MR) is 104 cm³/mol. The fourth-order valence-corrected chi connectivity index (χ4v) is 3.42. The molecule has 3 N–H and O–H groups in total. The molecule has 1 aromatic rings. The van der Waals surface area contributed by atoms with E-state index in [0.717, 1.165) is 6.26 Å². The molecule has 5 atom stereocenters. The lowest BCUT2D eigenvalue weighted by Gasteiger charge is -2.45. The zero-order valence-electron chi connectivity index (χ0n) is 17.0. The fourth-order valence-electron chi connectivity index (χ4n) is 3.04. The smallest absolute Gasteiger partial charge is 0.264 e. The first kappa shape index (κ1) is 23.9. The molecule has 1 aliphatic rings. The van der Waals surface area contributed by atoms with Crippen LogP contribution in [-0.2, 0) is 28.6 Å². The average Bonchev–Trinajstić information content (AvgIpc) is 2.64. The molecule has 0 radical (unpaired) electrons. The maximum Gasteiger partial charge on any atom is 0.264 e. The quantitative estimate of drug-likeness (QED) is 0.434. The van der Waals surface area contributed by atoms with Crippen LogP contribution in [0.1, 0.15) is 13.8 Å². The molecule has 1 aliphatic heterocycles. The number of benzene rings is 1. The van der Waals surface area contributed by atoms with Gasteiger partial charge in [-0.2, -0.15) is 8.42 Å². The molecule has 0 unspecified atom stereocenters. The number of carbonyl (C=O) groups is 2. The van der Waals surface area contributed by atoms with Gasteiger partial charge in [-0.3, -0.25) is 13.8 Å². The Morgan fingerprint density at radius 1 is 1.07 bits per heavy atom. The van der Waals surface area contributed by atoms with Gasteiger partial charge in [0, 0.05) is 13.8 Å². The first-order chi connectivity index (χ1) is 14.0. The van der Waals surface area contributed by atoms with Gasteiger partial charge in [-0.25, -0.2) is 0 Å². The maximum atomic E-state index is 11.8. The Morgan fingerprint density at radius 2 is 1.60 bits per heavy atom. The Kier molecular flexibility index (Phi) is 8.01. The fraction of sp³-hybridized carbons (Fsp3) is 0.556. The van der Waals surface area contributed by atoms with Gasteiger partial charge >= 0.3 is 0 Å². The number of carbonyl (C=O) groups excluding carboxylic acids is 2. The summed E-state index contributed by atoms with van der Waals surface area (Å²) < 4.78 is 44.1. The number of rotatable bonds is 8. The van der Waals surface area contributed by atoms with Crippen molar-refractivity contribution in [3.63, 3.8) is 0 Å². The summed E-state index contributed by atoms with van der Waals surface area (Å²) in [6.45, 7) is 2.04. The highest BCUT2D eigenvalue weighted by Crippen LogP contribution is 2.27. The molecule has 0 bridgehead atoms. The Hall–Kier alpha value is -2.41. The number of aliphatic hydroxyl groups is 1. The second-order valence-corrected chi connectivity index (χ2v) is 8.41. The molecular formula is C18H26N2O9S. The van der Waals surface area contributed by atoms with E-state index in [1.807, 2.05) is 0 Å². The van der Waals surface area contributed by atoms with E-state index in [-0.39, 0.29) is 0 Å². The number of hydrogen-bond donors (Lipinski definition) is 3. The summed E-state index contributed by atoms with van der Waals surface area (Å²) >= 11 is 0. The molecule has 1 fully saturated rings. The van der Waals surface area contributed by atoms with Crippen LogP contribution >= 0.6 is 0 Å². The summed E-state index contributed by atoms with van der Waals surface area (Å²) in [5, 5.41) is 15.6. The van der Waals surface area contributed by atoms with E-state index in [1.54, 1.807) is 24.3 Å². The van der Waals surface area contributed by atoms with Gasteiger partial charge in [-0.05, 0) is 24.3 Å². The summed E-state index contributed by atoms with van der Waals surface area (Å²) in [5.74, 6) is 0.0432. The number of ether oxygens (including phenoxy) is 3. The van der Waals surface area contributed by atoms with Crippen molar-refractivity contribution in [2.45, 2.75) is 44.4 Å². The highest BCUT2D eigenvalue weighted by atomic mass is 32.2. The monoisotopic (exact) mass is 446 g/mol. The van der Waals surface area contributed by atoms with Crippen LogP contribution in [0.15, 0.2) is 24.3 Å². The topological polar surface area (TPSA) is 149 Å². The lowest BCUT2D eigenvalue weighted by molar-refractivity contribution is -0.220. The summed E-state index contributed by atoms with van der Waals surface area (Å²) in [4.78, 5) is 23.5. The Bertz CT molecular complexity index is 844. The van der Waals surface area contributed by atoms with E-state index in [9.17, 15) is 23.1 Å². The Balaban J connectivity index is 2.37. The molecule has 12 heteroatoms. The highest BCUT2D eigenvalue weighted by Gasteiger charge is 2.48. The van der Waals surface area contributed by atoms with Gasteiger partial charge in [-0.1, -0.05) is 0 Å². The maximum absolute atomic E-state index is 11.8. The second kappa shape index (κ2) is 10.1. The molecule has 0 aliphatic carbocycles. The molecule has 2 rings (SSSR count). The minimum absolute atomic E-state index is 0.364. The van der Waals surface area contributed by atoms with E-state index < -0.39 is 59.1 Å².